The predicted molar refractivity (Wildman–Crippen MR) is 105 cm³/mol. The Kier molecular flexibility index (Phi) is 5.69. The lowest BCUT2D eigenvalue weighted by Gasteiger charge is -2.36. The fourth-order valence-electron chi connectivity index (χ4n) is 4.31. The van der Waals surface area contributed by atoms with Crippen molar-refractivity contribution in [2.45, 2.75) is 73.0 Å². The van der Waals surface area contributed by atoms with Crippen molar-refractivity contribution in [2.24, 2.45) is 17.8 Å². The number of hydrogen-bond donors (Lipinski definition) is 0. The summed E-state index contributed by atoms with van der Waals surface area (Å²) in [5.41, 5.74) is 3.15. The van der Waals surface area contributed by atoms with Crippen molar-refractivity contribution in [2.75, 3.05) is 0 Å². The molecule has 4 nitrogen and oxygen atoms in total. The maximum atomic E-state index is 12.8. The molecular weight excluding hydrogens is 324 g/mol. The number of benzene rings is 1. The number of imidazole rings is 1. The molecule has 0 radical (unpaired) electrons. The molecule has 1 aromatic carbocycles. The zero-order chi connectivity index (χ0) is 18.8. The number of carbonyl (C=O) groups is 1. The summed E-state index contributed by atoms with van der Waals surface area (Å²) in [7, 11) is 0. The second-order valence-corrected chi connectivity index (χ2v) is 8.31. The number of esters is 1. The summed E-state index contributed by atoms with van der Waals surface area (Å²) in [6, 6.07) is 6.20. The van der Waals surface area contributed by atoms with E-state index in [-0.39, 0.29) is 18.6 Å². The highest BCUT2D eigenvalue weighted by Gasteiger charge is 2.33. The molecule has 0 spiro atoms. The zero-order valence-corrected chi connectivity index (χ0v) is 16.8. The fourth-order valence-corrected chi connectivity index (χ4v) is 4.31. The first kappa shape index (κ1) is 18.9. The number of ether oxygens (including phenoxy) is 1. The summed E-state index contributed by atoms with van der Waals surface area (Å²) in [5.74, 6) is 2.46. The third kappa shape index (κ3) is 3.94. The topological polar surface area (TPSA) is 44.1 Å². The molecule has 1 unspecified atom stereocenters. The van der Waals surface area contributed by atoms with Gasteiger partial charge in [0.25, 0.3) is 0 Å². The number of hydrogen-bond acceptors (Lipinski definition) is 3. The fraction of sp³-hybridized carbons (Fsp3) is 0.636. The largest absolute Gasteiger partial charge is 0.461 e. The van der Waals surface area contributed by atoms with Crippen LogP contribution in [0.3, 0.4) is 0 Å². The standard InChI is InChI=1S/C22H32N2O2/c1-6-21-23-18-10-8-15(4)11-19(18)24(21)13-22(25)26-20-12-16(5)7-9-17(20)14(2)3/h8,10-11,14,16-17,20H,6-7,9,12-13H2,1-5H3/t16-,17+,20?/m1/s1. The molecule has 1 aliphatic carbocycles. The number of aromatic nitrogens is 2. The molecule has 3 atom stereocenters. The van der Waals surface area contributed by atoms with Crippen LogP contribution >= 0.6 is 0 Å². The Morgan fingerprint density at radius 1 is 1.35 bits per heavy atom. The lowest BCUT2D eigenvalue weighted by atomic mass is 9.75. The van der Waals surface area contributed by atoms with E-state index in [0.717, 1.165) is 36.1 Å². The van der Waals surface area contributed by atoms with Crippen molar-refractivity contribution in [3.8, 4) is 0 Å². The van der Waals surface area contributed by atoms with Gasteiger partial charge in [-0.15, -0.1) is 0 Å². The lowest BCUT2D eigenvalue weighted by Crippen LogP contribution is -2.36. The third-order valence-electron chi connectivity index (χ3n) is 5.83. The zero-order valence-electron chi connectivity index (χ0n) is 16.8. The van der Waals surface area contributed by atoms with E-state index in [0.29, 0.717) is 17.8 Å². The van der Waals surface area contributed by atoms with E-state index in [1.807, 2.05) is 10.6 Å². The molecule has 142 valence electrons. The van der Waals surface area contributed by atoms with Crippen molar-refractivity contribution < 1.29 is 9.53 Å². The molecule has 1 saturated carbocycles. The van der Waals surface area contributed by atoms with Crippen molar-refractivity contribution in [3.05, 3.63) is 29.6 Å². The molecule has 1 fully saturated rings. The van der Waals surface area contributed by atoms with E-state index in [2.05, 4.69) is 51.7 Å². The van der Waals surface area contributed by atoms with E-state index in [1.54, 1.807) is 0 Å². The minimum Gasteiger partial charge on any atom is -0.461 e. The quantitative estimate of drug-likeness (QED) is 0.715. The first-order valence-corrected chi connectivity index (χ1v) is 10.0. The molecule has 3 rings (SSSR count). The van der Waals surface area contributed by atoms with Crippen molar-refractivity contribution in [1.29, 1.82) is 0 Å². The molecule has 2 aromatic rings. The highest BCUT2D eigenvalue weighted by atomic mass is 16.5. The van der Waals surface area contributed by atoms with Crippen molar-refractivity contribution in [1.82, 2.24) is 9.55 Å². The van der Waals surface area contributed by atoms with Crippen LogP contribution in [-0.2, 0) is 22.5 Å². The smallest absolute Gasteiger partial charge is 0.326 e. The SMILES string of the molecule is CCc1nc2ccc(C)cc2n1CC(=O)OC1C[C@H](C)CC[C@H]1C(C)C. The second-order valence-electron chi connectivity index (χ2n) is 8.31. The van der Waals surface area contributed by atoms with Crippen LogP contribution in [0.4, 0.5) is 0 Å². The Morgan fingerprint density at radius 3 is 2.81 bits per heavy atom. The van der Waals surface area contributed by atoms with E-state index < -0.39 is 0 Å². The van der Waals surface area contributed by atoms with Gasteiger partial charge in [-0.05, 0) is 55.2 Å². The van der Waals surface area contributed by atoms with Crippen LogP contribution in [0.5, 0.6) is 0 Å². The van der Waals surface area contributed by atoms with Gasteiger partial charge >= 0.3 is 5.97 Å². The van der Waals surface area contributed by atoms with Gasteiger partial charge in [-0.1, -0.05) is 40.2 Å². The summed E-state index contributed by atoms with van der Waals surface area (Å²) < 4.78 is 8.03. The number of fused-ring (bicyclic) bond motifs is 1. The Bertz CT molecular complexity index is 778. The van der Waals surface area contributed by atoms with Gasteiger partial charge in [0.2, 0.25) is 0 Å². The van der Waals surface area contributed by atoms with Gasteiger partial charge in [0.15, 0.2) is 0 Å². The molecule has 26 heavy (non-hydrogen) atoms. The average molecular weight is 357 g/mol. The Balaban J connectivity index is 1.79. The normalized spacial score (nSPS) is 23.5. The lowest BCUT2D eigenvalue weighted by molar-refractivity contribution is -0.156. The van der Waals surface area contributed by atoms with Crippen LogP contribution in [-0.4, -0.2) is 21.6 Å². The number of nitrogens with zero attached hydrogens (tertiary/aromatic N) is 2. The maximum absolute atomic E-state index is 12.8. The van der Waals surface area contributed by atoms with Crippen LogP contribution < -0.4 is 0 Å². The molecule has 0 bridgehead atoms. The first-order valence-electron chi connectivity index (χ1n) is 10.0. The Labute approximate surface area is 156 Å². The van der Waals surface area contributed by atoms with E-state index in [9.17, 15) is 4.79 Å². The summed E-state index contributed by atoms with van der Waals surface area (Å²) in [5, 5.41) is 0. The van der Waals surface area contributed by atoms with Crippen LogP contribution in [0.1, 0.15) is 58.3 Å². The van der Waals surface area contributed by atoms with Gasteiger partial charge in [-0.25, -0.2) is 4.98 Å². The molecule has 1 aromatic heterocycles. The highest BCUT2D eigenvalue weighted by molar-refractivity contribution is 5.79. The van der Waals surface area contributed by atoms with E-state index in [4.69, 9.17) is 4.74 Å². The minimum absolute atomic E-state index is 0.0489. The summed E-state index contributed by atoms with van der Waals surface area (Å²) in [4.78, 5) is 17.5. The average Bonchev–Trinajstić information content (AvgIpc) is 2.91. The van der Waals surface area contributed by atoms with Gasteiger partial charge in [0, 0.05) is 6.42 Å². The molecule has 0 aliphatic heterocycles. The van der Waals surface area contributed by atoms with Gasteiger partial charge in [-0.2, -0.15) is 0 Å². The number of rotatable bonds is 5. The van der Waals surface area contributed by atoms with Crippen LogP contribution in [0, 0.1) is 24.7 Å². The minimum atomic E-state index is -0.134. The molecule has 1 heterocycles. The molecular formula is C22H32N2O2. The Morgan fingerprint density at radius 2 is 2.12 bits per heavy atom. The number of carbonyl (C=O) groups excluding carboxylic acids is 1. The summed E-state index contributed by atoms with van der Waals surface area (Å²) in [6.45, 7) is 11.1. The molecule has 1 aliphatic rings. The molecule has 0 N–H and O–H groups in total. The van der Waals surface area contributed by atoms with Gasteiger partial charge in [-0.3, -0.25) is 4.79 Å². The van der Waals surface area contributed by atoms with Gasteiger partial charge in [0.1, 0.15) is 18.5 Å². The van der Waals surface area contributed by atoms with Crippen molar-refractivity contribution >= 4 is 17.0 Å². The van der Waals surface area contributed by atoms with Crippen LogP contribution in [0.15, 0.2) is 18.2 Å². The second kappa shape index (κ2) is 7.81. The maximum Gasteiger partial charge on any atom is 0.326 e. The number of aryl methyl sites for hydroxylation is 2. The monoisotopic (exact) mass is 356 g/mol. The summed E-state index contributed by atoms with van der Waals surface area (Å²) >= 11 is 0. The highest BCUT2D eigenvalue weighted by Crippen LogP contribution is 2.35. The van der Waals surface area contributed by atoms with Gasteiger partial charge < -0.3 is 9.30 Å². The molecule has 0 saturated heterocycles. The molecule has 4 heteroatoms. The first-order chi connectivity index (χ1) is 12.4. The summed E-state index contributed by atoms with van der Waals surface area (Å²) in [6.07, 6.45) is 4.23. The van der Waals surface area contributed by atoms with Crippen LogP contribution in [0.2, 0.25) is 0 Å². The van der Waals surface area contributed by atoms with Gasteiger partial charge in [0.05, 0.1) is 11.0 Å². The third-order valence-corrected chi connectivity index (χ3v) is 5.83. The van der Waals surface area contributed by atoms with Crippen molar-refractivity contribution in [3.63, 3.8) is 0 Å². The Hall–Kier alpha value is -1.84. The predicted octanol–water partition coefficient (Wildman–Crippen LogP) is 4.91. The van der Waals surface area contributed by atoms with Crippen LogP contribution in [0.25, 0.3) is 11.0 Å². The van der Waals surface area contributed by atoms with E-state index in [1.165, 1.54) is 12.0 Å². The molecule has 0 amide bonds. The van der Waals surface area contributed by atoms with E-state index >= 15 is 0 Å².